The molecule has 2 aliphatic rings. The third kappa shape index (κ3) is 5.60. The van der Waals surface area contributed by atoms with Crippen molar-refractivity contribution in [1.29, 1.82) is 0 Å². The first kappa shape index (κ1) is 23.2. The molecule has 2 heterocycles. The average Bonchev–Trinajstić information content (AvgIpc) is 2.74. The second-order valence-corrected chi connectivity index (χ2v) is 10.7. The monoisotopic (exact) mass is 437 g/mol. The van der Waals surface area contributed by atoms with Gasteiger partial charge in [0.25, 0.3) is 5.91 Å². The lowest BCUT2D eigenvalue weighted by molar-refractivity contribution is 0.00672. The van der Waals surface area contributed by atoms with E-state index >= 15 is 0 Å². The van der Waals surface area contributed by atoms with E-state index in [0.717, 1.165) is 39.1 Å². The van der Waals surface area contributed by atoms with Gasteiger partial charge in [-0.25, -0.2) is 8.42 Å². The van der Waals surface area contributed by atoms with Gasteiger partial charge in [0.05, 0.1) is 18.1 Å². The Hall–Kier alpha value is -1.48. The maximum absolute atomic E-state index is 12.9. The zero-order valence-electron chi connectivity index (χ0n) is 18.3. The SMILES string of the molecule is CC(C)[C@H](CNC(=O)c1ccc(S(=O)(=O)N2CCC[C@@H](C)C2)cc1)N1CCOCC1. The van der Waals surface area contributed by atoms with Crippen LogP contribution in [0.25, 0.3) is 0 Å². The molecule has 7 nitrogen and oxygen atoms in total. The summed E-state index contributed by atoms with van der Waals surface area (Å²) in [6.45, 7) is 11.3. The molecule has 2 atom stereocenters. The third-order valence-corrected chi connectivity index (χ3v) is 8.01. The van der Waals surface area contributed by atoms with Gasteiger partial charge in [0.1, 0.15) is 0 Å². The molecule has 1 N–H and O–H groups in total. The van der Waals surface area contributed by atoms with E-state index in [4.69, 9.17) is 4.74 Å². The Kier molecular flexibility index (Phi) is 7.90. The minimum absolute atomic E-state index is 0.176. The fraction of sp³-hybridized carbons (Fsp3) is 0.682. The molecule has 0 aromatic heterocycles. The maximum Gasteiger partial charge on any atom is 0.251 e. The molecule has 1 amide bonds. The molecule has 168 valence electrons. The van der Waals surface area contributed by atoms with E-state index in [-0.39, 0.29) is 16.8 Å². The number of ether oxygens (including phenoxy) is 1. The molecule has 2 aliphatic heterocycles. The molecule has 0 bridgehead atoms. The highest BCUT2D eigenvalue weighted by Gasteiger charge is 2.29. The second-order valence-electron chi connectivity index (χ2n) is 8.80. The molecule has 0 saturated carbocycles. The molecular formula is C22H35N3O4S. The smallest absolute Gasteiger partial charge is 0.251 e. The largest absolute Gasteiger partial charge is 0.379 e. The lowest BCUT2D eigenvalue weighted by Crippen LogP contribution is -2.51. The van der Waals surface area contributed by atoms with Crippen LogP contribution in [-0.4, -0.2) is 75.5 Å². The number of nitrogens with zero attached hydrogens (tertiary/aromatic N) is 2. The van der Waals surface area contributed by atoms with Crippen molar-refractivity contribution in [2.45, 2.75) is 44.6 Å². The molecule has 2 fully saturated rings. The lowest BCUT2D eigenvalue weighted by atomic mass is 10.0. The van der Waals surface area contributed by atoms with E-state index < -0.39 is 10.0 Å². The number of carbonyl (C=O) groups is 1. The highest BCUT2D eigenvalue weighted by molar-refractivity contribution is 7.89. The molecule has 1 aromatic carbocycles. The number of sulfonamides is 1. The van der Waals surface area contributed by atoms with E-state index in [0.29, 0.717) is 37.0 Å². The van der Waals surface area contributed by atoms with Crippen molar-refractivity contribution < 1.29 is 17.9 Å². The van der Waals surface area contributed by atoms with Crippen molar-refractivity contribution in [3.05, 3.63) is 29.8 Å². The highest BCUT2D eigenvalue weighted by Crippen LogP contribution is 2.23. The fourth-order valence-electron chi connectivity index (χ4n) is 4.29. The molecule has 0 spiro atoms. The van der Waals surface area contributed by atoms with Crippen molar-refractivity contribution in [2.24, 2.45) is 11.8 Å². The predicted molar refractivity (Wildman–Crippen MR) is 117 cm³/mol. The van der Waals surface area contributed by atoms with Crippen molar-refractivity contribution in [3.63, 3.8) is 0 Å². The summed E-state index contributed by atoms with van der Waals surface area (Å²) in [5, 5.41) is 3.02. The van der Waals surface area contributed by atoms with Crippen LogP contribution in [0.2, 0.25) is 0 Å². The predicted octanol–water partition coefficient (Wildman–Crippen LogP) is 2.19. The van der Waals surface area contributed by atoms with E-state index in [1.165, 1.54) is 0 Å². The van der Waals surface area contributed by atoms with Crippen LogP contribution in [-0.2, 0) is 14.8 Å². The number of carbonyl (C=O) groups excluding carboxylic acids is 1. The summed E-state index contributed by atoms with van der Waals surface area (Å²) in [5.41, 5.74) is 0.477. The molecule has 3 rings (SSSR count). The van der Waals surface area contributed by atoms with Gasteiger partial charge in [0.2, 0.25) is 10.0 Å². The van der Waals surface area contributed by atoms with Crippen LogP contribution in [0.3, 0.4) is 0 Å². The van der Waals surface area contributed by atoms with Gasteiger partial charge in [-0.05, 0) is 48.9 Å². The minimum atomic E-state index is -3.51. The second kappa shape index (κ2) is 10.2. The molecule has 1 aromatic rings. The summed E-state index contributed by atoms with van der Waals surface area (Å²) in [7, 11) is -3.51. The summed E-state index contributed by atoms with van der Waals surface area (Å²) < 4.78 is 32.8. The summed E-state index contributed by atoms with van der Waals surface area (Å²) >= 11 is 0. The number of rotatable bonds is 7. The van der Waals surface area contributed by atoms with Crippen LogP contribution >= 0.6 is 0 Å². The molecule has 8 heteroatoms. The van der Waals surface area contributed by atoms with Gasteiger partial charge in [0.15, 0.2) is 0 Å². The van der Waals surface area contributed by atoms with Gasteiger partial charge >= 0.3 is 0 Å². The van der Waals surface area contributed by atoms with Gasteiger partial charge < -0.3 is 10.1 Å². The van der Waals surface area contributed by atoms with E-state index in [9.17, 15) is 13.2 Å². The number of amides is 1. The number of hydrogen-bond acceptors (Lipinski definition) is 5. The van der Waals surface area contributed by atoms with Gasteiger partial charge in [-0.2, -0.15) is 4.31 Å². The Balaban J connectivity index is 1.61. The molecule has 0 unspecified atom stereocenters. The number of nitrogens with one attached hydrogen (secondary N) is 1. The van der Waals surface area contributed by atoms with Crippen LogP contribution in [0.15, 0.2) is 29.2 Å². The van der Waals surface area contributed by atoms with E-state index in [1.54, 1.807) is 28.6 Å². The summed E-state index contributed by atoms with van der Waals surface area (Å²) in [5.74, 6) is 0.603. The Morgan fingerprint density at radius 1 is 1.17 bits per heavy atom. The highest BCUT2D eigenvalue weighted by atomic mass is 32.2. The van der Waals surface area contributed by atoms with Crippen molar-refractivity contribution in [2.75, 3.05) is 45.9 Å². The number of piperidine rings is 1. The maximum atomic E-state index is 12.9. The minimum Gasteiger partial charge on any atom is -0.379 e. The van der Waals surface area contributed by atoms with Crippen LogP contribution in [0.1, 0.15) is 44.0 Å². The third-order valence-electron chi connectivity index (χ3n) is 6.13. The van der Waals surface area contributed by atoms with Crippen LogP contribution in [0.5, 0.6) is 0 Å². The van der Waals surface area contributed by atoms with Gasteiger partial charge in [0, 0.05) is 44.3 Å². The standard InChI is InChI=1S/C22H35N3O4S/c1-17(2)21(24-11-13-29-14-12-24)15-23-22(26)19-6-8-20(9-7-19)30(27,28)25-10-4-5-18(3)16-25/h6-9,17-18,21H,4-5,10-16H2,1-3H3,(H,23,26)/t18-,21+/m1/s1. The summed E-state index contributed by atoms with van der Waals surface area (Å²) in [4.78, 5) is 15.3. The zero-order chi connectivity index (χ0) is 21.7. The Morgan fingerprint density at radius 3 is 2.43 bits per heavy atom. The number of morpholine rings is 1. The Morgan fingerprint density at radius 2 is 1.83 bits per heavy atom. The van der Waals surface area contributed by atoms with Crippen molar-refractivity contribution in [3.8, 4) is 0 Å². The summed E-state index contributed by atoms with van der Waals surface area (Å²) in [6, 6.07) is 6.55. The normalized spacial score (nSPS) is 22.7. The number of benzene rings is 1. The fourth-order valence-corrected chi connectivity index (χ4v) is 5.89. The molecular weight excluding hydrogens is 402 g/mol. The van der Waals surface area contributed by atoms with E-state index in [1.807, 2.05) is 0 Å². The average molecular weight is 438 g/mol. The molecule has 2 saturated heterocycles. The number of hydrogen-bond donors (Lipinski definition) is 1. The lowest BCUT2D eigenvalue weighted by Gasteiger charge is -2.36. The first-order valence-electron chi connectivity index (χ1n) is 11.0. The van der Waals surface area contributed by atoms with Gasteiger partial charge in [-0.15, -0.1) is 0 Å². The van der Waals surface area contributed by atoms with E-state index in [2.05, 4.69) is 31.0 Å². The quantitative estimate of drug-likeness (QED) is 0.707. The van der Waals surface area contributed by atoms with Crippen molar-refractivity contribution >= 4 is 15.9 Å². The molecule has 0 radical (unpaired) electrons. The van der Waals surface area contributed by atoms with Gasteiger partial charge in [-0.1, -0.05) is 20.8 Å². The Labute approximate surface area is 180 Å². The Bertz CT molecular complexity index is 804. The molecule has 0 aliphatic carbocycles. The molecule has 30 heavy (non-hydrogen) atoms. The topological polar surface area (TPSA) is 79.0 Å². The van der Waals surface area contributed by atoms with Crippen LogP contribution in [0, 0.1) is 11.8 Å². The summed E-state index contributed by atoms with van der Waals surface area (Å²) in [6.07, 6.45) is 1.95. The van der Waals surface area contributed by atoms with Crippen LogP contribution < -0.4 is 5.32 Å². The zero-order valence-corrected chi connectivity index (χ0v) is 19.2. The van der Waals surface area contributed by atoms with Crippen LogP contribution in [0.4, 0.5) is 0 Å². The first-order valence-corrected chi connectivity index (χ1v) is 12.4. The van der Waals surface area contributed by atoms with Gasteiger partial charge in [-0.3, -0.25) is 9.69 Å². The first-order chi connectivity index (χ1) is 14.3. The van der Waals surface area contributed by atoms with Crippen molar-refractivity contribution in [1.82, 2.24) is 14.5 Å².